The van der Waals surface area contributed by atoms with Gasteiger partial charge >= 0.3 is 5.97 Å². The van der Waals surface area contributed by atoms with Crippen LogP contribution in [0.1, 0.15) is 35.3 Å². The van der Waals surface area contributed by atoms with Crippen LogP contribution in [-0.2, 0) is 11.2 Å². The largest absolute Gasteiger partial charge is 0.491 e. The van der Waals surface area contributed by atoms with Crippen LogP contribution in [0.5, 0.6) is 11.5 Å². The van der Waals surface area contributed by atoms with Gasteiger partial charge in [-0.3, -0.25) is 4.79 Å². The van der Waals surface area contributed by atoms with Crippen LogP contribution in [-0.4, -0.2) is 51.9 Å². The Balaban J connectivity index is 1.62. The zero-order chi connectivity index (χ0) is 26.8. The molecule has 0 saturated heterocycles. The summed E-state index contributed by atoms with van der Waals surface area (Å²) in [4.78, 5) is 28.7. The van der Waals surface area contributed by atoms with Gasteiger partial charge in [-0.25, -0.2) is 4.79 Å². The maximum atomic E-state index is 13.9. The molecule has 1 aromatic heterocycles. The molecule has 0 aliphatic carbocycles. The number of benzene rings is 3. The van der Waals surface area contributed by atoms with Crippen molar-refractivity contribution in [3.8, 4) is 11.5 Å². The van der Waals surface area contributed by atoms with Gasteiger partial charge in [0.25, 0.3) is 0 Å². The van der Waals surface area contributed by atoms with Crippen molar-refractivity contribution >= 4 is 45.8 Å². The summed E-state index contributed by atoms with van der Waals surface area (Å²) >= 11 is 1.06. The predicted octanol–water partition coefficient (Wildman–Crippen LogP) is 5.27. The number of anilines is 1. The first kappa shape index (κ1) is 25.4. The number of carbonyl (C=O) groups is 2. The molecule has 0 bridgehead atoms. The quantitative estimate of drug-likeness (QED) is 0.243. The van der Waals surface area contributed by atoms with Crippen molar-refractivity contribution in [2.45, 2.75) is 26.4 Å². The number of fused-ring (bicyclic) bond motifs is 2. The number of allylic oxidation sites excluding steroid dienone is 1. The fraction of sp³-hybridized carbons (Fsp3) is 0.241. The number of hydrogen-bond acceptors (Lipinski definition) is 8. The third-order valence-corrected chi connectivity index (χ3v) is 6.88. The lowest BCUT2D eigenvalue weighted by Crippen LogP contribution is -2.28. The second kappa shape index (κ2) is 10.6. The maximum Gasteiger partial charge on any atom is 0.336 e. The molecule has 4 aromatic rings. The molecule has 3 aromatic carbocycles. The second-order valence-corrected chi connectivity index (χ2v) is 9.92. The highest BCUT2D eigenvalue weighted by atomic mass is 32.1. The smallest absolute Gasteiger partial charge is 0.336 e. The minimum absolute atomic E-state index is 0.00753. The molecule has 5 rings (SSSR count). The molecule has 0 unspecified atom stereocenters. The molecule has 194 valence electrons. The molecule has 1 N–H and O–H groups in total. The van der Waals surface area contributed by atoms with E-state index in [0.29, 0.717) is 34.5 Å². The van der Waals surface area contributed by atoms with E-state index in [9.17, 15) is 14.7 Å². The van der Waals surface area contributed by atoms with Crippen molar-refractivity contribution in [3.05, 3.63) is 82.9 Å². The Morgan fingerprint density at radius 3 is 2.50 bits per heavy atom. The number of Topliss-reactive ketones (excluding diaryl/α,β-unsaturated/α-hetero) is 1. The summed E-state index contributed by atoms with van der Waals surface area (Å²) in [5, 5.41) is 10.4. The number of carboxylic acids is 1. The van der Waals surface area contributed by atoms with E-state index in [1.165, 1.54) is 0 Å². The van der Waals surface area contributed by atoms with Gasteiger partial charge in [-0.05, 0) is 73.5 Å². The average Bonchev–Trinajstić information content (AvgIpc) is 3.36. The first-order valence-electron chi connectivity index (χ1n) is 12.3. The van der Waals surface area contributed by atoms with Crippen molar-refractivity contribution in [2.24, 2.45) is 0 Å². The number of rotatable bonds is 8. The van der Waals surface area contributed by atoms with Gasteiger partial charge in [-0.2, -0.15) is 8.75 Å². The molecule has 1 aliphatic heterocycles. The SMILES string of the molecule is CC(C)Oc1ccc(C(=O)C(Cc2ccc3c(c2)N(C)CCO3)=C(C(=O)O)c2ccc3nsnc3c2)cc1. The van der Waals surface area contributed by atoms with Gasteiger partial charge in [0, 0.05) is 24.6 Å². The van der Waals surface area contributed by atoms with Crippen LogP contribution in [0.2, 0.25) is 0 Å². The Kier molecular flexibility index (Phi) is 7.11. The van der Waals surface area contributed by atoms with Crippen LogP contribution in [0.15, 0.2) is 66.2 Å². The van der Waals surface area contributed by atoms with Gasteiger partial charge in [-0.1, -0.05) is 12.1 Å². The average molecular weight is 530 g/mol. The van der Waals surface area contributed by atoms with E-state index in [1.807, 2.05) is 39.1 Å². The molecule has 0 amide bonds. The number of carboxylic acid groups (broad SMARTS) is 1. The highest BCUT2D eigenvalue weighted by Crippen LogP contribution is 2.34. The van der Waals surface area contributed by atoms with Crippen molar-refractivity contribution in [3.63, 3.8) is 0 Å². The molecule has 0 fully saturated rings. The molecule has 38 heavy (non-hydrogen) atoms. The molecular formula is C29H27N3O5S. The predicted molar refractivity (Wildman–Crippen MR) is 147 cm³/mol. The first-order valence-corrected chi connectivity index (χ1v) is 13.0. The summed E-state index contributed by atoms with van der Waals surface area (Å²) in [6.07, 6.45) is 0.117. The standard InChI is InChI=1S/C29H27N3O5S/c1-17(2)37-21-8-5-19(6-9-21)28(33)22(14-18-4-11-26-25(15-18)32(3)12-13-36-26)27(29(34)35)20-7-10-23-24(16-20)31-38-30-23/h4-11,15-17H,12-14H2,1-3H3,(H,34,35). The van der Waals surface area contributed by atoms with Gasteiger partial charge < -0.3 is 19.5 Å². The molecule has 8 nitrogen and oxygen atoms in total. The van der Waals surface area contributed by atoms with Crippen molar-refractivity contribution < 1.29 is 24.2 Å². The number of ketones is 1. The van der Waals surface area contributed by atoms with E-state index >= 15 is 0 Å². The minimum atomic E-state index is -1.19. The molecule has 0 spiro atoms. The summed E-state index contributed by atoms with van der Waals surface area (Å²) in [5.74, 6) is -0.147. The molecule has 0 radical (unpaired) electrons. The molecule has 0 atom stereocenters. The topological polar surface area (TPSA) is 102 Å². The summed E-state index contributed by atoms with van der Waals surface area (Å²) in [7, 11) is 1.98. The third kappa shape index (κ3) is 5.24. The lowest BCUT2D eigenvalue weighted by Gasteiger charge is -2.28. The van der Waals surface area contributed by atoms with E-state index in [1.54, 1.807) is 42.5 Å². The zero-order valence-electron chi connectivity index (χ0n) is 21.3. The second-order valence-electron chi connectivity index (χ2n) is 9.40. The number of ether oxygens (including phenoxy) is 2. The van der Waals surface area contributed by atoms with Crippen LogP contribution in [0.4, 0.5) is 5.69 Å². The van der Waals surface area contributed by atoms with E-state index in [2.05, 4.69) is 13.6 Å². The van der Waals surface area contributed by atoms with Crippen LogP contribution in [0, 0.1) is 0 Å². The molecule has 9 heteroatoms. The van der Waals surface area contributed by atoms with Gasteiger partial charge in [-0.15, -0.1) is 0 Å². The summed E-state index contributed by atoms with van der Waals surface area (Å²) in [5.41, 5.74) is 3.87. The summed E-state index contributed by atoms with van der Waals surface area (Å²) in [6, 6.07) is 17.6. The highest BCUT2D eigenvalue weighted by Gasteiger charge is 2.25. The Morgan fingerprint density at radius 2 is 1.76 bits per heavy atom. The Morgan fingerprint density at radius 1 is 1.03 bits per heavy atom. The fourth-order valence-electron chi connectivity index (χ4n) is 4.49. The van der Waals surface area contributed by atoms with Gasteiger partial charge in [0.15, 0.2) is 5.78 Å². The molecule has 0 saturated carbocycles. The van der Waals surface area contributed by atoms with Crippen molar-refractivity contribution in [1.29, 1.82) is 0 Å². The lowest BCUT2D eigenvalue weighted by atomic mass is 9.89. The molecule has 1 aliphatic rings. The summed E-state index contributed by atoms with van der Waals surface area (Å²) in [6.45, 7) is 5.19. The number of aliphatic carboxylic acids is 1. The zero-order valence-corrected chi connectivity index (χ0v) is 22.1. The Labute approximate surface area is 224 Å². The van der Waals surface area contributed by atoms with E-state index < -0.39 is 5.97 Å². The molecular weight excluding hydrogens is 502 g/mol. The third-order valence-electron chi connectivity index (χ3n) is 6.32. The normalized spacial score (nSPS) is 13.6. The summed E-state index contributed by atoms with van der Waals surface area (Å²) < 4.78 is 19.9. The van der Waals surface area contributed by atoms with E-state index in [4.69, 9.17) is 9.47 Å². The first-order chi connectivity index (χ1) is 18.3. The fourth-order valence-corrected chi connectivity index (χ4v) is 5.01. The lowest BCUT2D eigenvalue weighted by molar-refractivity contribution is -0.130. The van der Waals surface area contributed by atoms with Gasteiger partial charge in [0.2, 0.25) is 0 Å². The van der Waals surface area contributed by atoms with Crippen LogP contribution < -0.4 is 14.4 Å². The monoisotopic (exact) mass is 529 g/mol. The van der Waals surface area contributed by atoms with Crippen LogP contribution in [0.3, 0.4) is 0 Å². The number of nitrogens with zero attached hydrogens (tertiary/aromatic N) is 3. The minimum Gasteiger partial charge on any atom is -0.491 e. The van der Waals surface area contributed by atoms with E-state index in [-0.39, 0.29) is 29.5 Å². The van der Waals surface area contributed by atoms with Crippen LogP contribution >= 0.6 is 11.7 Å². The van der Waals surface area contributed by atoms with Crippen LogP contribution in [0.25, 0.3) is 16.6 Å². The van der Waals surface area contributed by atoms with Gasteiger partial charge in [0.05, 0.1) is 35.6 Å². The number of aromatic nitrogens is 2. The van der Waals surface area contributed by atoms with Crippen molar-refractivity contribution in [2.75, 3.05) is 25.1 Å². The molecule has 2 heterocycles. The van der Waals surface area contributed by atoms with Gasteiger partial charge in [0.1, 0.15) is 29.1 Å². The number of carbonyl (C=O) groups excluding carboxylic acids is 1. The number of likely N-dealkylation sites (N-methyl/N-ethyl adjacent to an activating group) is 1. The Hall–Kier alpha value is -4.24. The number of hydrogen-bond donors (Lipinski definition) is 1. The van der Waals surface area contributed by atoms with E-state index in [0.717, 1.165) is 35.3 Å². The maximum absolute atomic E-state index is 13.9. The highest BCUT2D eigenvalue weighted by molar-refractivity contribution is 7.00. The Bertz CT molecular complexity index is 1540. The van der Waals surface area contributed by atoms with Crippen molar-refractivity contribution in [1.82, 2.24) is 8.75 Å².